The maximum Gasteiger partial charge on any atom is 0.242 e. The van der Waals surface area contributed by atoms with Crippen molar-refractivity contribution in [3.05, 3.63) is 69.2 Å². The Labute approximate surface area is 199 Å². The molecule has 0 saturated heterocycles. The number of carbonyl (C=O) groups is 2. The minimum atomic E-state index is -0.586. The minimum absolute atomic E-state index is 0.0788. The SMILES string of the molecule is Cc1ccccc1CN(C(=O)CSCc1ccc(Cl)c(Cl)c1)[C@H](C)C(=O)NC(C)(C)C. The Bertz CT molecular complexity index is 928. The van der Waals surface area contributed by atoms with E-state index >= 15 is 0 Å². The fraction of sp³-hybridized carbons (Fsp3) is 0.417. The molecule has 0 fully saturated rings. The predicted molar refractivity (Wildman–Crippen MR) is 132 cm³/mol. The maximum atomic E-state index is 13.2. The molecule has 0 heterocycles. The number of carbonyl (C=O) groups excluding carboxylic acids is 2. The maximum absolute atomic E-state index is 13.2. The zero-order valence-electron chi connectivity index (χ0n) is 18.7. The van der Waals surface area contributed by atoms with Crippen LogP contribution in [0.1, 0.15) is 44.4 Å². The molecule has 2 aromatic rings. The third-order valence-corrected chi connectivity index (χ3v) is 6.47. The first-order valence-corrected chi connectivity index (χ1v) is 12.1. The number of benzene rings is 2. The molecule has 0 aromatic heterocycles. The van der Waals surface area contributed by atoms with Crippen LogP contribution in [-0.4, -0.2) is 34.0 Å². The highest BCUT2D eigenvalue weighted by Gasteiger charge is 2.28. The molecule has 0 saturated carbocycles. The molecule has 0 aliphatic heterocycles. The largest absolute Gasteiger partial charge is 0.350 e. The van der Waals surface area contributed by atoms with E-state index in [0.29, 0.717) is 22.3 Å². The van der Waals surface area contributed by atoms with E-state index in [1.54, 1.807) is 17.9 Å². The summed E-state index contributed by atoms with van der Waals surface area (Å²) >= 11 is 13.5. The first kappa shape index (κ1) is 25.6. The third kappa shape index (κ3) is 8.06. The van der Waals surface area contributed by atoms with Gasteiger partial charge in [-0.1, -0.05) is 53.5 Å². The first-order chi connectivity index (χ1) is 14.5. The molecule has 0 aliphatic carbocycles. The molecule has 0 spiro atoms. The summed E-state index contributed by atoms with van der Waals surface area (Å²) in [6.07, 6.45) is 0. The zero-order valence-corrected chi connectivity index (χ0v) is 21.0. The minimum Gasteiger partial charge on any atom is -0.350 e. The second kappa shape index (κ2) is 11.3. The van der Waals surface area contributed by atoms with Crippen molar-refractivity contribution < 1.29 is 9.59 Å². The molecule has 31 heavy (non-hydrogen) atoms. The summed E-state index contributed by atoms with van der Waals surface area (Å²) in [5, 5.41) is 3.99. The van der Waals surface area contributed by atoms with Gasteiger partial charge in [0.25, 0.3) is 0 Å². The monoisotopic (exact) mass is 480 g/mol. The van der Waals surface area contributed by atoms with Gasteiger partial charge in [-0.3, -0.25) is 9.59 Å². The van der Waals surface area contributed by atoms with Crippen LogP contribution in [0, 0.1) is 6.92 Å². The van der Waals surface area contributed by atoms with Gasteiger partial charge in [-0.05, 0) is 63.4 Å². The van der Waals surface area contributed by atoms with Gasteiger partial charge in [-0.2, -0.15) is 0 Å². The van der Waals surface area contributed by atoms with E-state index in [2.05, 4.69) is 5.32 Å². The summed E-state index contributed by atoms with van der Waals surface area (Å²) in [6, 6.07) is 12.8. The number of hydrogen-bond donors (Lipinski definition) is 1. The van der Waals surface area contributed by atoms with Gasteiger partial charge in [0.05, 0.1) is 15.8 Å². The van der Waals surface area contributed by atoms with Crippen molar-refractivity contribution in [1.29, 1.82) is 0 Å². The molecule has 7 heteroatoms. The Morgan fingerprint density at radius 1 is 1.10 bits per heavy atom. The first-order valence-electron chi connectivity index (χ1n) is 10.2. The Morgan fingerprint density at radius 3 is 2.39 bits per heavy atom. The van der Waals surface area contributed by atoms with Crippen LogP contribution >= 0.6 is 35.0 Å². The van der Waals surface area contributed by atoms with E-state index in [4.69, 9.17) is 23.2 Å². The fourth-order valence-electron chi connectivity index (χ4n) is 3.00. The third-order valence-electron chi connectivity index (χ3n) is 4.75. The highest BCUT2D eigenvalue weighted by molar-refractivity contribution is 7.99. The van der Waals surface area contributed by atoms with Crippen molar-refractivity contribution in [2.24, 2.45) is 0 Å². The van der Waals surface area contributed by atoms with Crippen molar-refractivity contribution in [3.63, 3.8) is 0 Å². The van der Waals surface area contributed by atoms with Crippen LogP contribution in [0.2, 0.25) is 10.0 Å². The van der Waals surface area contributed by atoms with Crippen LogP contribution in [0.25, 0.3) is 0 Å². The molecule has 0 radical (unpaired) electrons. The second-order valence-electron chi connectivity index (χ2n) is 8.60. The predicted octanol–water partition coefficient (Wildman–Crippen LogP) is 5.87. The smallest absolute Gasteiger partial charge is 0.242 e. The molecule has 1 N–H and O–H groups in total. The molecular formula is C24H30Cl2N2O2S. The summed E-state index contributed by atoms with van der Waals surface area (Å²) in [5.41, 5.74) is 2.75. The zero-order chi connectivity index (χ0) is 23.2. The standard InChI is InChI=1S/C24H30Cl2N2O2S/c1-16-8-6-7-9-19(16)13-28(17(2)23(30)27-24(3,4)5)22(29)15-31-14-18-10-11-20(25)21(26)12-18/h6-12,17H,13-15H2,1-5H3,(H,27,30)/t17-/m1/s1. The topological polar surface area (TPSA) is 49.4 Å². The van der Waals surface area contributed by atoms with Gasteiger partial charge < -0.3 is 10.2 Å². The van der Waals surface area contributed by atoms with Crippen LogP contribution in [-0.2, 0) is 21.9 Å². The van der Waals surface area contributed by atoms with Gasteiger partial charge in [-0.25, -0.2) is 0 Å². The average Bonchev–Trinajstić information content (AvgIpc) is 2.68. The van der Waals surface area contributed by atoms with Crippen molar-refractivity contribution in [2.45, 2.75) is 58.5 Å². The number of aryl methyl sites for hydroxylation is 1. The summed E-state index contributed by atoms with van der Waals surface area (Å²) in [5.74, 6) is 0.650. The number of rotatable bonds is 8. The van der Waals surface area contributed by atoms with Gasteiger partial charge in [0.15, 0.2) is 0 Å². The molecular weight excluding hydrogens is 451 g/mol. The molecule has 4 nitrogen and oxygen atoms in total. The summed E-state index contributed by atoms with van der Waals surface area (Å²) in [4.78, 5) is 27.6. The Balaban J connectivity index is 2.12. The van der Waals surface area contributed by atoms with E-state index in [0.717, 1.165) is 16.7 Å². The number of thioether (sulfide) groups is 1. The summed E-state index contributed by atoms with van der Waals surface area (Å²) < 4.78 is 0. The number of amides is 2. The van der Waals surface area contributed by atoms with Crippen LogP contribution in [0.4, 0.5) is 0 Å². The molecule has 1 atom stereocenters. The highest BCUT2D eigenvalue weighted by Crippen LogP contribution is 2.25. The van der Waals surface area contributed by atoms with Gasteiger partial charge in [-0.15, -0.1) is 11.8 Å². The Morgan fingerprint density at radius 2 is 1.77 bits per heavy atom. The Kier molecular flexibility index (Phi) is 9.28. The molecule has 2 aromatic carbocycles. The van der Waals surface area contributed by atoms with Crippen LogP contribution < -0.4 is 5.32 Å². The van der Waals surface area contributed by atoms with E-state index in [9.17, 15) is 9.59 Å². The number of nitrogens with zero attached hydrogens (tertiary/aromatic N) is 1. The van der Waals surface area contributed by atoms with Gasteiger partial charge >= 0.3 is 0 Å². The average molecular weight is 481 g/mol. The van der Waals surface area contributed by atoms with Gasteiger partial charge in [0.1, 0.15) is 6.04 Å². The lowest BCUT2D eigenvalue weighted by molar-refractivity contribution is -0.139. The van der Waals surface area contributed by atoms with Crippen molar-refractivity contribution in [2.75, 3.05) is 5.75 Å². The van der Waals surface area contributed by atoms with Gasteiger partial charge in [0.2, 0.25) is 11.8 Å². The molecule has 2 rings (SSSR count). The van der Waals surface area contributed by atoms with Crippen molar-refractivity contribution in [1.82, 2.24) is 10.2 Å². The van der Waals surface area contributed by atoms with Crippen LogP contribution in [0.3, 0.4) is 0 Å². The lowest BCUT2D eigenvalue weighted by atomic mass is 10.1. The lowest BCUT2D eigenvalue weighted by Gasteiger charge is -2.31. The molecule has 0 bridgehead atoms. The molecule has 0 aliphatic rings. The normalized spacial score (nSPS) is 12.4. The quantitative estimate of drug-likeness (QED) is 0.513. The molecule has 168 valence electrons. The fourth-order valence-corrected chi connectivity index (χ4v) is 4.17. The van der Waals surface area contributed by atoms with Crippen LogP contribution in [0.15, 0.2) is 42.5 Å². The van der Waals surface area contributed by atoms with E-state index in [-0.39, 0.29) is 23.1 Å². The Hall–Kier alpha value is -1.69. The van der Waals surface area contributed by atoms with Gasteiger partial charge in [0, 0.05) is 17.8 Å². The number of hydrogen-bond acceptors (Lipinski definition) is 3. The van der Waals surface area contributed by atoms with E-state index in [1.807, 2.05) is 64.1 Å². The van der Waals surface area contributed by atoms with Crippen molar-refractivity contribution >= 4 is 46.8 Å². The molecule has 0 unspecified atom stereocenters. The second-order valence-corrected chi connectivity index (χ2v) is 10.4. The molecule has 2 amide bonds. The number of nitrogens with one attached hydrogen (secondary N) is 1. The van der Waals surface area contributed by atoms with Crippen molar-refractivity contribution in [3.8, 4) is 0 Å². The van der Waals surface area contributed by atoms with Crippen LogP contribution in [0.5, 0.6) is 0 Å². The highest BCUT2D eigenvalue weighted by atomic mass is 35.5. The van der Waals surface area contributed by atoms with E-state index < -0.39 is 6.04 Å². The van der Waals surface area contributed by atoms with E-state index in [1.165, 1.54) is 11.8 Å². The summed E-state index contributed by atoms with van der Waals surface area (Å²) in [7, 11) is 0. The lowest BCUT2D eigenvalue weighted by Crippen LogP contribution is -2.52. The number of halogens is 2. The summed E-state index contributed by atoms with van der Waals surface area (Å²) in [6.45, 7) is 9.96.